The number of likely N-dealkylation sites (tertiary alicyclic amines) is 2. The molecule has 0 aliphatic carbocycles. The summed E-state index contributed by atoms with van der Waals surface area (Å²) >= 11 is 0. The highest BCUT2D eigenvalue weighted by Gasteiger charge is 2.25. The molecule has 0 aromatic carbocycles. The molecule has 2 aliphatic rings. The molecule has 2 aliphatic heterocycles. The van der Waals surface area contributed by atoms with Crippen LogP contribution in [0, 0.1) is 11.8 Å². The van der Waals surface area contributed by atoms with E-state index >= 15 is 0 Å². The zero-order valence-electron chi connectivity index (χ0n) is 12.0. The van der Waals surface area contributed by atoms with Crippen LogP contribution in [0.1, 0.15) is 34.1 Å². The molecule has 0 spiro atoms. The maximum Gasteiger partial charge on any atom is 0.125 e. The summed E-state index contributed by atoms with van der Waals surface area (Å²) in [7, 11) is 0. The molecule has 0 unspecified atom stereocenters. The van der Waals surface area contributed by atoms with Crippen molar-refractivity contribution >= 4 is 0 Å². The molecule has 2 fully saturated rings. The van der Waals surface area contributed by atoms with E-state index in [2.05, 4.69) is 37.5 Å². The van der Waals surface area contributed by atoms with E-state index in [1.165, 1.54) is 26.1 Å². The first-order chi connectivity index (χ1) is 7.97. The van der Waals surface area contributed by atoms with Crippen LogP contribution >= 0.6 is 0 Å². The molecule has 2 saturated heterocycles. The van der Waals surface area contributed by atoms with Crippen molar-refractivity contribution in [3.05, 3.63) is 0 Å². The second-order valence-corrected chi connectivity index (χ2v) is 6.26. The first-order valence-electron chi connectivity index (χ1n) is 7.06. The average molecular weight is 244 g/mol. The summed E-state index contributed by atoms with van der Waals surface area (Å²) < 4.78 is 12.2. The predicted octanol–water partition coefficient (Wildman–Crippen LogP) is 2.64. The fourth-order valence-electron chi connectivity index (χ4n) is 2.25. The number of halogens is 1. The number of hydrogen-bond donors (Lipinski definition) is 0. The Bertz CT molecular complexity index is 196. The van der Waals surface area contributed by atoms with Gasteiger partial charge in [-0.2, -0.15) is 0 Å². The summed E-state index contributed by atoms with van der Waals surface area (Å²) in [6.07, 6.45) is 0.885. The van der Waals surface area contributed by atoms with Gasteiger partial charge in [0.1, 0.15) is 6.17 Å². The molecule has 0 N–H and O–H groups in total. The van der Waals surface area contributed by atoms with E-state index in [-0.39, 0.29) is 0 Å². The van der Waals surface area contributed by atoms with Gasteiger partial charge in [-0.15, -0.1) is 0 Å². The molecule has 0 saturated carbocycles. The molecule has 2 nitrogen and oxygen atoms in total. The molecule has 0 aromatic heterocycles. The largest absolute Gasteiger partial charge is 0.303 e. The highest BCUT2D eigenvalue weighted by Crippen LogP contribution is 2.12. The summed E-state index contributed by atoms with van der Waals surface area (Å²) in [6, 6.07) is 0. The fraction of sp³-hybridized carbons (Fsp3) is 1.00. The van der Waals surface area contributed by atoms with Crippen LogP contribution in [0.2, 0.25) is 0 Å². The van der Waals surface area contributed by atoms with Gasteiger partial charge in [0.05, 0.1) is 0 Å². The zero-order valence-corrected chi connectivity index (χ0v) is 12.0. The first-order valence-corrected chi connectivity index (χ1v) is 7.06. The van der Waals surface area contributed by atoms with Crippen LogP contribution in [0.4, 0.5) is 4.39 Å². The Morgan fingerprint density at radius 1 is 0.941 bits per heavy atom. The van der Waals surface area contributed by atoms with Crippen molar-refractivity contribution in [2.75, 3.05) is 39.3 Å². The van der Waals surface area contributed by atoms with Crippen molar-refractivity contribution < 1.29 is 4.39 Å². The molecule has 0 bridgehead atoms. The SMILES string of the molecule is CC(C)CN1CC(F)C1.CC(C)CN1CCC1. The monoisotopic (exact) mass is 244 g/mol. The molecular weight excluding hydrogens is 215 g/mol. The Morgan fingerprint density at radius 2 is 1.41 bits per heavy atom. The Hall–Kier alpha value is -0.150. The van der Waals surface area contributed by atoms with Crippen molar-refractivity contribution in [3.8, 4) is 0 Å². The van der Waals surface area contributed by atoms with Crippen LogP contribution in [0.25, 0.3) is 0 Å². The van der Waals surface area contributed by atoms with Crippen LogP contribution in [0.15, 0.2) is 0 Å². The lowest BCUT2D eigenvalue weighted by atomic mass is 10.1. The van der Waals surface area contributed by atoms with E-state index < -0.39 is 6.17 Å². The Kier molecular flexibility index (Phi) is 6.42. The minimum Gasteiger partial charge on any atom is -0.303 e. The smallest absolute Gasteiger partial charge is 0.125 e. The quantitative estimate of drug-likeness (QED) is 0.750. The zero-order chi connectivity index (χ0) is 12.8. The summed E-state index contributed by atoms with van der Waals surface area (Å²) in [4.78, 5) is 4.65. The molecule has 2 rings (SSSR count). The molecule has 17 heavy (non-hydrogen) atoms. The fourth-order valence-corrected chi connectivity index (χ4v) is 2.25. The third-order valence-corrected chi connectivity index (χ3v) is 3.11. The molecule has 0 radical (unpaired) electrons. The summed E-state index contributed by atoms with van der Waals surface area (Å²) in [5, 5.41) is 0. The number of alkyl halides is 1. The molecule has 0 atom stereocenters. The third-order valence-electron chi connectivity index (χ3n) is 3.11. The minimum atomic E-state index is -0.538. The van der Waals surface area contributed by atoms with Gasteiger partial charge in [-0.05, 0) is 31.3 Å². The predicted molar refractivity (Wildman–Crippen MR) is 72.1 cm³/mol. The lowest BCUT2D eigenvalue weighted by Gasteiger charge is -2.35. The van der Waals surface area contributed by atoms with E-state index in [1.54, 1.807) is 0 Å². The normalized spacial score (nSPS) is 22.1. The number of hydrogen-bond acceptors (Lipinski definition) is 2. The summed E-state index contributed by atoms with van der Waals surface area (Å²) in [5.74, 6) is 1.53. The standard InChI is InChI=1S/C7H14FN.C7H15N/c1-6(2)3-9-4-7(8)5-9;1-7(2)6-8-4-3-5-8/h6-7H,3-5H2,1-2H3;7H,3-6H2,1-2H3. The maximum atomic E-state index is 12.2. The lowest BCUT2D eigenvalue weighted by molar-refractivity contribution is 0.0559. The minimum absolute atomic E-state index is 0.538. The van der Waals surface area contributed by atoms with Gasteiger partial charge in [0.15, 0.2) is 0 Å². The van der Waals surface area contributed by atoms with E-state index in [0.29, 0.717) is 19.0 Å². The number of rotatable bonds is 4. The highest BCUT2D eigenvalue weighted by molar-refractivity contribution is 4.79. The van der Waals surface area contributed by atoms with E-state index in [1.807, 2.05) is 0 Å². The van der Waals surface area contributed by atoms with Crippen LogP contribution in [0.3, 0.4) is 0 Å². The molecule has 3 heteroatoms. The van der Waals surface area contributed by atoms with Crippen molar-refractivity contribution in [2.24, 2.45) is 11.8 Å². The van der Waals surface area contributed by atoms with Crippen molar-refractivity contribution in [1.29, 1.82) is 0 Å². The molecule has 2 heterocycles. The maximum absolute atomic E-state index is 12.2. The molecule has 102 valence electrons. The van der Waals surface area contributed by atoms with Crippen LogP contribution < -0.4 is 0 Å². The average Bonchev–Trinajstić information content (AvgIpc) is 2.09. The second kappa shape index (κ2) is 7.32. The summed E-state index contributed by atoms with van der Waals surface area (Å²) in [6.45, 7) is 15.3. The van der Waals surface area contributed by atoms with Gasteiger partial charge < -0.3 is 4.90 Å². The lowest BCUT2D eigenvalue weighted by Crippen LogP contribution is -2.49. The topological polar surface area (TPSA) is 6.48 Å². The van der Waals surface area contributed by atoms with Crippen molar-refractivity contribution in [2.45, 2.75) is 40.3 Å². The molecule has 0 amide bonds. The van der Waals surface area contributed by atoms with E-state index in [4.69, 9.17) is 0 Å². The van der Waals surface area contributed by atoms with Gasteiger partial charge in [-0.25, -0.2) is 4.39 Å². The van der Waals surface area contributed by atoms with Crippen molar-refractivity contribution in [3.63, 3.8) is 0 Å². The van der Waals surface area contributed by atoms with Crippen LogP contribution in [-0.2, 0) is 0 Å². The van der Waals surface area contributed by atoms with E-state index in [9.17, 15) is 4.39 Å². The molecular formula is C14H29FN2. The first kappa shape index (κ1) is 14.9. The van der Waals surface area contributed by atoms with Gasteiger partial charge in [0.2, 0.25) is 0 Å². The van der Waals surface area contributed by atoms with E-state index in [0.717, 1.165) is 12.5 Å². The van der Waals surface area contributed by atoms with Crippen molar-refractivity contribution in [1.82, 2.24) is 9.80 Å². The van der Waals surface area contributed by atoms with Gasteiger partial charge in [0.25, 0.3) is 0 Å². The Balaban J connectivity index is 0.000000171. The second-order valence-electron chi connectivity index (χ2n) is 6.26. The van der Waals surface area contributed by atoms with Gasteiger partial charge >= 0.3 is 0 Å². The Labute approximate surface area is 106 Å². The Morgan fingerprint density at radius 3 is 1.65 bits per heavy atom. The van der Waals surface area contributed by atoms with Gasteiger partial charge in [-0.1, -0.05) is 27.7 Å². The van der Waals surface area contributed by atoms with Crippen LogP contribution in [-0.4, -0.2) is 55.2 Å². The van der Waals surface area contributed by atoms with Gasteiger partial charge in [0, 0.05) is 26.2 Å². The highest BCUT2D eigenvalue weighted by atomic mass is 19.1. The number of nitrogens with zero attached hydrogens (tertiary/aromatic N) is 2. The third kappa shape index (κ3) is 6.37. The molecule has 0 aromatic rings. The summed E-state index contributed by atoms with van der Waals surface area (Å²) in [5.41, 5.74) is 0. The van der Waals surface area contributed by atoms with Gasteiger partial charge in [-0.3, -0.25) is 4.90 Å². The van der Waals surface area contributed by atoms with Crippen LogP contribution in [0.5, 0.6) is 0 Å².